The topological polar surface area (TPSA) is 75.7 Å². The third-order valence-corrected chi connectivity index (χ3v) is 7.74. The molecule has 33 heavy (non-hydrogen) atoms. The summed E-state index contributed by atoms with van der Waals surface area (Å²) >= 11 is 3.38. The van der Waals surface area contributed by atoms with E-state index in [0.29, 0.717) is 15.8 Å². The number of amides is 1. The first-order valence-electron chi connectivity index (χ1n) is 10.8. The van der Waals surface area contributed by atoms with Crippen LogP contribution in [0.5, 0.6) is 5.75 Å². The molecule has 6 nitrogen and oxygen atoms in total. The number of carbonyl (C=O) groups is 1. The molecule has 0 saturated heterocycles. The standard InChI is InChI=1S/C25H25BrN2O4S/c26-19-7-6-8-21(17-19)28(33(30,31)24-11-2-1-3-12-24)18-25(29)27-20-13-15-23(16-14-20)32-22-9-4-5-10-22/h1-3,6-8,11-17,22H,4-5,9-10,18H2,(H,27,29). The van der Waals surface area contributed by atoms with Crippen molar-refractivity contribution in [2.75, 3.05) is 16.2 Å². The lowest BCUT2D eigenvalue weighted by atomic mass is 10.2. The van der Waals surface area contributed by atoms with Crippen LogP contribution in [0.2, 0.25) is 0 Å². The molecule has 1 aliphatic rings. The minimum absolute atomic E-state index is 0.117. The van der Waals surface area contributed by atoms with Crippen molar-refractivity contribution >= 4 is 43.2 Å². The van der Waals surface area contributed by atoms with E-state index in [0.717, 1.165) is 22.9 Å². The van der Waals surface area contributed by atoms with Crippen molar-refractivity contribution in [2.45, 2.75) is 36.7 Å². The second kappa shape index (κ2) is 10.4. The monoisotopic (exact) mass is 528 g/mol. The zero-order chi connectivity index (χ0) is 23.3. The predicted octanol–water partition coefficient (Wildman–Crippen LogP) is 5.60. The van der Waals surface area contributed by atoms with Gasteiger partial charge in [0, 0.05) is 10.2 Å². The van der Waals surface area contributed by atoms with E-state index in [2.05, 4.69) is 21.2 Å². The quantitative estimate of drug-likeness (QED) is 0.412. The summed E-state index contributed by atoms with van der Waals surface area (Å²) in [5, 5.41) is 2.79. The smallest absolute Gasteiger partial charge is 0.264 e. The van der Waals surface area contributed by atoms with Crippen LogP contribution < -0.4 is 14.4 Å². The number of sulfonamides is 1. The predicted molar refractivity (Wildman–Crippen MR) is 133 cm³/mol. The molecule has 0 heterocycles. The number of ether oxygens (including phenoxy) is 1. The number of hydrogen-bond donors (Lipinski definition) is 1. The largest absolute Gasteiger partial charge is 0.490 e. The third kappa shape index (κ3) is 5.94. The molecule has 3 aromatic rings. The Morgan fingerprint density at radius 2 is 1.67 bits per heavy atom. The first-order chi connectivity index (χ1) is 15.9. The Morgan fingerprint density at radius 3 is 2.33 bits per heavy atom. The molecule has 172 valence electrons. The van der Waals surface area contributed by atoms with Gasteiger partial charge in [-0.25, -0.2) is 8.42 Å². The summed E-state index contributed by atoms with van der Waals surface area (Å²) in [5.74, 6) is 0.321. The summed E-state index contributed by atoms with van der Waals surface area (Å²) < 4.78 is 34.5. The fourth-order valence-corrected chi connectivity index (χ4v) is 5.63. The highest BCUT2D eigenvalue weighted by atomic mass is 79.9. The highest BCUT2D eigenvalue weighted by Crippen LogP contribution is 2.27. The van der Waals surface area contributed by atoms with E-state index in [-0.39, 0.29) is 17.5 Å². The van der Waals surface area contributed by atoms with Gasteiger partial charge < -0.3 is 10.1 Å². The lowest BCUT2D eigenvalue weighted by Gasteiger charge is -2.24. The second-order valence-corrected chi connectivity index (χ2v) is 10.7. The van der Waals surface area contributed by atoms with Gasteiger partial charge in [-0.15, -0.1) is 0 Å². The summed E-state index contributed by atoms with van der Waals surface area (Å²) in [5.41, 5.74) is 0.966. The average molecular weight is 529 g/mol. The fourth-order valence-electron chi connectivity index (χ4n) is 3.81. The lowest BCUT2D eigenvalue weighted by molar-refractivity contribution is -0.114. The highest BCUT2D eigenvalue weighted by Gasteiger charge is 2.27. The van der Waals surface area contributed by atoms with Gasteiger partial charge in [0.2, 0.25) is 5.91 Å². The van der Waals surface area contributed by atoms with Gasteiger partial charge in [-0.1, -0.05) is 40.2 Å². The molecule has 0 radical (unpaired) electrons. The highest BCUT2D eigenvalue weighted by molar-refractivity contribution is 9.10. The Bertz CT molecular complexity index is 1190. The Labute approximate surface area is 202 Å². The SMILES string of the molecule is O=C(CN(c1cccc(Br)c1)S(=O)(=O)c1ccccc1)Nc1ccc(OC2CCCC2)cc1. The van der Waals surface area contributed by atoms with Gasteiger partial charge in [-0.3, -0.25) is 9.10 Å². The van der Waals surface area contributed by atoms with Crippen LogP contribution in [0, 0.1) is 0 Å². The van der Waals surface area contributed by atoms with Crippen LogP contribution in [0.3, 0.4) is 0 Å². The Hall–Kier alpha value is -2.84. The fraction of sp³-hybridized carbons (Fsp3) is 0.240. The molecule has 1 N–H and O–H groups in total. The maximum Gasteiger partial charge on any atom is 0.264 e. The van der Waals surface area contributed by atoms with Gasteiger partial charge >= 0.3 is 0 Å². The molecule has 0 bridgehead atoms. The Balaban J connectivity index is 1.50. The van der Waals surface area contributed by atoms with E-state index in [1.807, 2.05) is 12.1 Å². The van der Waals surface area contributed by atoms with Crippen LogP contribution in [-0.2, 0) is 14.8 Å². The molecule has 0 spiro atoms. The van der Waals surface area contributed by atoms with Crippen molar-refractivity contribution in [3.63, 3.8) is 0 Å². The maximum atomic E-state index is 13.4. The molecule has 1 aliphatic carbocycles. The van der Waals surface area contributed by atoms with Crippen molar-refractivity contribution in [3.8, 4) is 5.75 Å². The van der Waals surface area contributed by atoms with Crippen molar-refractivity contribution in [3.05, 3.63) is 83.3 Å². The summed E-state index contributed by atoms with van der Waals surface area (Å²) in [6.07, 6.45) is 4.78. The van der Waals surface area contributed by atoms with Crippen LogP contribution in [-0.4, -0.2) is 27.0 Å². The summed E-state index contributed by atoms with van der Waals surface area (Å²) in [4.78, 5) is 13.0. The first kappa shape index (κ1) is 23.3. The Kier molecular flexibility index (Phi) is 7.35. The van der Waals surface area contributed by atoms with Crippen molar-refractivity contribution in [1.82, 2.24) is 0 Å². The number of hydrogen-bond acceptors (Lipinski definition) is 4. The molecule has 1 amide bonds. The number of carbonyl (C=O) groups excluding carboxylic acids is 1. The molecule has 8 heteroatoms. The molecule has 4 rings (SSSR count). The van der Waals surface area contributed by atoms with Crippen LogP contribution in [0.25, 0.3) is 0 Å². The van der Waals surface area contributed by atoms with Crippen LogP contribution in [0.1, 0.15) is 25.7 Å². The molecule has 1 fully saturated rings. The zero-order valence-electron chi connectivity index (χ0n) is 18.0. The number of nitrogens with zero attached hydrogens (tertiary/aromatic N) is 1. The van der Waals surface area contributed by atoms with E-state index >= 15 is 0 Å². The van der Waals surface area contributed by atoms with Crippen LogP contribution >= 0.6 is 15.9 Å². The second-order valence-electron chi connectivity index (χ2n) is 7.90. The van der Waals surface area contributed by atoms with E-state index in [4.69, 9.17) is 4.74 Å². The van der Waals surface area contributed by atoms with Gasteiger partial charge in [0.15, 0.2) is 0 Å². The molecular formula is C25H25BrN2O4S. The summed E-state index contributed by atoms with van der Waals surface area (Å²) in [7, 11) is -3.95. The maximum absolute atomic E-state index is 13.4. The Morgan fingerprint density at radius 1 is 0.970 bits per heavy atom. The number of nitrogens with one attached hydrogen (secondary N) is 1. The summed E-state index contributed by atoms with van der Waals surface area (Å²) in [6.45, 7) is -0.367. The van der Waals surface area contributed by atoms with Gasteiger partial charge in [0.05, 0.1) is 16.7 Å². The molecule has 1 saturated carbocycles. The van der Waals surface area contributed by atoms with E-state index in [9.17, 15) is 13.2 Å². The first-order valence-corrected chi connectivity index (χ1v) is 13.0. The normalized spacial score (nSPS) is 14.1. The van der Waals surface area contributed by atoms with Crippen LogP contribution in [0.4, 0.5) is 11.4 Å². The van der Waals surface area contributed by atoms with E-state index in [1.54, 1.807) is 54.6 Å². The van der Waals surface area contributed by atoms with Gasteiger partial charge in [-0.2, -0.15) is 0 Å². The minimum atomic E-state index is -3.95. The molecule has 0 atom stereocenters. The number of rotatable bonds is 8. The van der Waals surface area contributed by atoms with Crippen molar-refractivity contribution in [1.29, 1.82) is 0 Å². The van der Waals surface area contributed by atoms with Gasteiger partial charge in [-0.05, 0) is 80.3 Å². The summed E-state index contributed by atoms with van der Waals surface area (Å²) in [6, 6.07) is 22.1. The minimum Gasteiger partial charge on any atom is -0.490 e. The molecule has 0 aromatic heterocycles. The molecule has 0 aliphatic heterocycles. The molecule has 3 aromatic carbocycles. The average Bonchev–Trinajstić information content (AvgIpc) is 3.32. The number of halogens is 1. The zero-order valence-corrected chi connectivity index (χ0v) is 20.4. The van der Waals surface area contributed by atoms with Gasteiger partial charge in [0.1, 0.15) is 12.3 Å². The molecule has 0 unspecified atom stereocenters. The molecular weight excluding hydrogens is 504 g/mol. The van der Waals surface area contributed by atoms with Crippen molar-refractivity contribution < 1.29 is 17.9 Å². The van der Waals surface area contributed by atoms with E-state index in [1.165, 1.54) is 25.0 Å². The third-order valence-electron chi connectivity index (χ3n) is 5.46. The number of anilines is 2. The number of benzene rings is 3. The van der Waals surface area contributed by atoms with E-state index < -0.39 is 15.9 Å². The van der Waals surface area contributed by atoms with Crippen LogP contribution in [0.15, 0.2) is 88.2 Å². The lowest BCUT2D eigenvalue weighted by Crippen LogP contribution is -2.38. The van der Waals surface area contributed by atoms with Gasteiger partial charge in [0.25, 0.3) is 10.0 Å². The van der Waals surface area contributed by atoms with Crippen molar-refractivity contribution in [2.24, 2.45) is 0 Å².